The summed E-state index contributed by atoms with van der Waals surface area (Å²) in [6.07, 6.45) is 2.09. The van der Waals surface area contributed by atoms with E-state index >= 15 is 0 Å². The predicted molar refractivity (Wildman–Crippen MR) is 182 cm³/mol. The monoisotopic (exact) mass is 577 g/mol. The number of nitriles is 1. The third kappa shape index (κ3) is 5.56. The molecule has 0 radical (unpaired) electrons. The largest absolute Gasteiger partial charge is 0.353 e. The molecule has 1 aromatic heterocycles. The Hall–Kier alpha value is -6.38. The minimum absolute atomic E-state index is 0.167. The van der Waals surface area contributed by atoms with Crippen molar-refractivity contribution in [1.82, 2.24) is 15.3 Å². The number of nitrogens with zero attached hydrogens (tertiary/aromatic N) is 3. The van der Waals surface area contributed by atoms with Crippen molar-refractivity contribution >= 4 is 23.2 Å². The van der Waals surface area contributed by atoms with Crippen LogP contribution in [0.15, 0.2) is 151 Å². The van der Waals surface area contributed by atoms with Gasteiger partial charge in [0.25, 0.3) is 0 Å². The summed E-state index contributed by atoms with van der Waals surface area (Å²) in [6.45, 7) is 0. The molecule has 0 amide bonds. The lowest BCUT2D eigenvalue weighted by atomic mass is 9.90. The van der Waals surface area contributed by atoms with Crippen molar-refractivity contribution in [2.45, 2.75) is 0 Å². The van der Waals surface area contributed by atoms with E-state index in [2.05, 4.69) is 35.7 Å². The van der Waals surface area contributed by atoms with Gasteiger partial charge in [-0.15, -0.1) is 0 Å². The van der Waals surface area contributed by atoms with Crippen LogP contribution in [0.5, 0.6) is 0 Å². The average Bonchev–Trinajstić information content (AvgIpc) is 3.12. The Morgan fingerprint density at radius 2 is 1.16 bits per heavy atom. The van der Waals surface area contributed by atoms with E-state index in [9.17, 15) is 5.26 Å². The third-order valence-electron chi connectivity index (χ3n) is 7.76. The van der Waals surface area contributed by atoms with Crippen LogP contribution in [0.25, 0.3) is 51.4 Å². The number of rotatable bonds is 6. The van der Waals surface area contributed by atoms with E-state index in [1.807, 2.05) is 127 Å². The second-order valence-electron chi connectivity index (χ2n) is 10.6. The maximum Gasteiger partial charge on any atom is 0.160 e. The van der Waals surface area contributed by atoms with Gasteiger partial charge in [0.2, 0.25) is 0 Å². The van der Waals surface area contributed by atoms with Gasteiger partial charge in [0, 0.05) is 33.5 Å². The lowest BCUT2D eigenvalue weighted by Crippen LogP contribution is -2.20. The topological polar surface area (TPSA) is 85.5 Å². The van der Waals surface area contributed by atoms with Crippen LogP contribution in [0.1, 0.15) is 22.3 Å². The molecule has 6 aromatic rings. The van der Waals surface area contributed by atoms with E-state index in [4.69, 9.17) is 15.4 Å². The van der Waals surface area contributed by atoms with Gasteiger partial charge in [-0.3, -0.25) is 5.41 Å². The summed E-state index contributed by atoms with van der Waals surface area (Å²) < 4.78 is 0. The lowest BCUT2D eigenvalue weighted by molar-refractivity contribution is 1.18. The highest BCUT2D eigenvalue weighted by molar-refractivity contribution is 6.18. The van der Waals surface area contributed by atoms with E-state index in [0.29, 0.717) is 17.1 Å². The smallest absolute Gasteiger partial charge is 0.160 e. The SMILES string of the molecule is N#C/C(C(=N)c1ccccc1)=C1/NC(c2ccccc2)=Cc2cc(-c3cc(-c4ccccc4)nc(-c4ccccc4)n3)ccc21. The molecule has 0 spiro atoms. The highest BCUT2D eigenvalue weighted by Gasteiger charge is 2.23. The van der Waals surface area contributed by atoms with Crippen LogP contribution in [-0.4, -0.2) is 15.7 Å². The summed E-state index contributed by atoms with van der Waals surface area (Å²) in [5.74, 6) is 0.649. The Kier molecular flexibility index (Phi) is 7.37. The highest BCUT2D eigenvalue weighted by atomic mass is 14.9. The molecule has 2 N–H and O–H groups in total. The first-order valence-electron chi connectivity index (χ1n) is 14.7. The average molecular weight is 578 g/mol. The zero-order valence-corrected chi connectivity index (χ0v) is 24.3. The summed E-state index contributed by atoms with van der Waals surface area (Å²) in [6, 6.07) is 50.0. The zero-order chi connectivity index (χ0) is 30.6. The van der Waals surface area contributed by atoms with Crippen molar-refractivity contribution in [3.63, 3.8) is 0 Å². The first-order chi connectivity index (χ1) is 22.2. The molecule has 5 heteroatoms. The van der Waals surface area contributed by atoms with Crippen LogP contribution < -0.4 is 5.32 Å². The van der Waals surface area contributed by atoms with Gasteiger partial charge in [-0.2, -0.15) is 5.26 Å². The highest BCUT2D eigenvalue weighted by Crippen LogP contribution is 2.36. The minimum Gasteiger partial charge on any atom is -0.353 e. The Bertz CT molecular complexity index is 2070. The molecule has 45 heavy (non-hydrogen) atoms. The van der Waals surface area contributed by atoms with Crippen LogP contribution in [0.2, 0.25) is 0 Å². The van der Waals surface area contributed by atoms with Gasteiger partial charge in [0.1, 0.15) is 11.6 Å². The number of nitrogens with one attached hydrogen (secondary N) is 2. The van der Waals surface area contributed by atoms with E-state index in [1.165, 1.54) is 0 Å². The molecule has 1 aliphatic rings. The first kappa shape index (κ1) is 27.5. The summed E-state index contributed by atoms with van der Waals surface area (Å²) in [5, 5.41) is 22.8. The summed E-state index contributed by atoms with van der Waals surface area (Å²) >= 11 is 0. The molecule has 212 valence electrons. The van der Waals surface area contributed by atoms with Crippen molar-refractivity contribution < 1.29 is 0 Å². The van der Waals surface area contributed by atoms with Crippen LogP contribution >= 0.6 is 0 Å². The molecule has 5 aromatic carbocycles. The van der Waals surface area contributed by atoms with Gasteiger partial charge < -0.3 is 5.32 Å². The maximum atomic E-state index is 10.4. The quantitative estimate of drug-likeness (QED) is 0.153. The molecule has 0 bridgehead atoms. The Balaban J connectivity index is 1.41. The zero-order valence-electron chi connectivity index (χ0n) is 24.3. The number of benzene rings is 5. The van der Waals surface area contributed by atoms with E-state index in [0.717, 1.165) is 50.5 Å². The van der Waals surface area contributed by atoms with E-state index < -0.39 is 0 Å². The molecule has 7 rings (SSSR count). The van der Waals surface area contributed by atoms with E-state index in [-0.39, 0.29) is 11.3 Å². The number of aromatic nitrogens is 2. The van der Waals surface area contributed by atoms with Gasteiger partial charge in [0.15, 0.2) is 5.82 Å². The molecular formula is C40H27N5. The van der Waals surface area contributed by atoms with Crippen molar-refractivity contribution in [2.75, 3.05) is 0 Å². The maximum absolute atomic E-state index is 10.4. The van der Waals surface area contributed by atoms with Gasteiger partial charge in [-0.1, -0.05) is 133 Å². The number of hydrogen-bond acceptors (Lipinski definition) is 5. The first-order valence-corrected chi connectivity index (χ1v) is 14.7. The standard InChI is InChI=1S/C40H27N5/c41-26-34(38(42)29-17-9-3-10-18-29)39-33-22-21-31(23-32(33)24-35(43-39)27-13-5-1-6-14-27)37-25-36(28-15-7-2-8-16-28)44-40(45-37)30-19-11-4-12-20-30/h1-25,42-43H/b39-34-,42-38?. The van der Waals surface area contributed by atoms with Crippen molar-refractivity contribution in [3.8, 4) is 40.0 Å². The fourth-order valence-electron chi connectivity index (χ4n) is 5.49. The molecule has 5 nitrogen and oxygen atoms in total. The number of allylic oxidation sites excluding steroid dienone is 1. The number of hydrogen-bond donors (Lipinski definition) is 2. The van der Waals surface area contributed by atoms with Gasteiger partial charge in [0.05, 0.1) is 22.8 Å². The molecule has 1 aliphatic heterocycles. The molecular weight excluding hydrogens is 550 g/mol. The Labute approximate surface area is 262 Å². The van der Waals surface area contributed by atoms with Crippen LogP contribution in [0, 0.1) is 16.7 Å². The van der Waals surface area contributed by atoms with Crippen LogP contribution in [-0.2, 0) is 0 Å². The molecule has 0 fully saturated rings. The molecule has 0 unspecified atom stereocenters. The summed E-state index contributed by atoms with van der Waals surface area (Å²) in [7, 11) is 0. The second kappa shape index (κ2) is 12.1. The molecule has 0 atom stereocenters. The van der Waals surface area contributed by atoms with E-state index in [1.54, 1.807) is 0 Å². The number of fused-ring (bicyclic) bond motifs is 1. The second-order valence-corrected chi connectivity index (χ2v) is 10.6. The Morgan fingerprint density at radius 1 is 0.600 bits per heavy atom. The van der Waals surface area contributed by atoms with Gasteiger partial charge in [-0.25, -0.2) is 9.97 Å². The van der Waals surface area contributed by atoms with Crippen LogP contribution in [0.4, 0.5) is 0 Å². The van der Waals surface area contributed by atoms with Crippen molar-refractivity contribution in [1.29, 1.82) is 10.7 Å². The summed E-state index contributed by atoms with van der Waals surface area (Å²) in [4.78, 5) is 9.95. The third-order valence-corrected chi connectivity index (χ3v) is 7.76. The van der Waals surface area contributed by atoms with Crippen molar-refractivity contribution in [2.24, 2.45) is 0 Å². The van der Waals surface area contributed by atoms with Gasteiger partial charge >= 0.3 is 0 Å². The summed E-state index contributed by atoms with van der Waals surface area (Å²) in [5.41, 5.74) is 9.83. The predicted octanol–water partition coefficient (Wildman–Crippen LogP) is 8.88. The minimum atomic E-state index is 0.167. The fraction of sp³-hybridized carbons (Fsp3) is 0. The molecule has 0 saturated carbocycles. The molecule has 2 heterocycles. The normalized spacial score (nSPS) is 13.1. The van der Waals surface area contributed by atoms with Gasteiger partial charge in [-0.05, 0) is 29.3 Å². The fourth-order valence-corrected chi connectivity index (χ4v) is 5.49. The molecule has 0 aliphatic carbocycles. The molecule has 0 saturated heterocycles. The lowest BCUT2D eigenvalue weighted by Gasteiger charge is -2.24. The Morgan fingerprint density at radius 3 is 1.78 bits per heavy atom. The van der Waals surface area contributed by atoms with Crippen molar-refractivity contribution in [3.05, 3.63) is 173 Å². The van der Waals surface area contributed by atoms with Crippen LogP contribution in [0.3, 0.4) is 0 Å².